The molecule has 0 spiro atoms. The molecule has 3 aromatic carbocycles. The minimum Gasteiger partial charge on any atom is -0.478 e. The largest absolute Gasteiger partial charge is 0.478 e. The SMILES string of the molecule is O=C(/C=C/c1ccc2c(c1)OCO2)NC(Cc1ccccc1)C(=O)Nc1ccc(C(=O)O)cc1. The standard InChI is InChI=1S/C26H22N2O6/c29-24(13-7-18-6-12-22-23(15-18)34-16-33-22)28-21(14-17-4-2-1-3-5-17)25(30)27-20-10-8-19(9-11-20)26(31)32/h1-13,15,21H,14,16H2,(H,27,30)(H,28,29)(H,31,32)/b13-7+. The molecular formula is C26H22N2O6. The Bertz CT molecular complexity index is 1220. The van der Waals surface area contributed by atoms with E-state index in [9.17, 15) is 14.4 Å². The molecule has 2 amide bonds. The van der Waals surface area contributed by atoms with Gasteiger partial charge in [-0.15, -0.1) is 0 Å². The zero-order valence-corrected chi connectivity index (χ0v) is 18.1. The van der Waals surface area contributed by atoms with Crippen LogP contribution in [-0.4, -0.2) is 35.7 Å². The molecule has 0 fully saturated rings. The molecule has 1 aliphatic rings. The number of carboxylic acids is 1. The van der Waals surface area contributed by atoms with Crippen molar-refractivity contribution in [2.45, 2.75) is 12.5 Å². The molecule has 8 heteroatoms. The number of hydrogen-bond acceptors (Lipinski definition) is 5. The van der Waals surface area contributed by atoms with E-state index in [0.29, 0.717) is 17.2 Å². The van der Waals surface area contributed by atoms with Crippen LogP contribution in [0, 0.1) is 0 Å². The lowest BCUT2D eigenvalue weighted by atomic mass is 10.0. The maximum atomic E-state index is 13.0. The van der Waals surface area contributed by atoms with E-state index in [2.05, 4.69) is 10.6 Å². The van der Waals surface area contributed by atoms with E-state index in [1.54, 1.807) is 24.3 Å². The van der Waals surface area contributed by atoms with Crippen molar-refractivity contribution in [1.29, 1.82) is 0 Å². The quantitative estimate of drug-likeness (QED) is 0.445. The van der Waals surface area contributed by atoms with Gasteiger partial charge in [0.25, 0.3) is 0 Å². The second-order valence-corrected chi connectivity index (χ2v) is 7.57. The summed E-state index contributed by atoms with van der Waals surface area (Å²) in [6.45, 7) is 0.165. The van der Waals surface area contributed by atoms with Gasteiger partial charge < -0.3 is 25.2 Å². The molecule has 0 aliphatic carbocycles. The third kappa shape index (κ3) is 5.80. The topological polar surface area (TPSA) is 114 Å². The Hall–Kier alpha value is -4.59. The van der Waals surface area contributed by atoms with Gasteiger partial charge in [0.1, 0.15) is 6.04 Å². The van der Waals surface area contributed by atoms with Crippen molar-refractivity contribution in [2.24, 2.45) is 0 Å². The zero-order valence-electron chi connectivity index (χ0n) is 18.1. The van der Waals surface area contributed by atoms with Crippen LogP contribution >= 0.6 is 0 Å². The van der Waals surface area contributed by atoms with E-state index >= 15 is 0 Å². The van der Waals surface area contributed by atoms with Crippen molar-refractivity contribution in [2.75, 3.05) is 12.1 Å². The summed E-state index contributed by atoms with van der Waals surface area (Å²) in [5.74, 6) is -0.650. The number of fused-ring (bicyclic) bond motifs is 1. The van der Waals surface area contributed by atoms with Crippen LogP contribution in [0.25, 0.3) is 6.08 Å². The maximum Gasteiger partial charge on any atom is 0.335 e. The fourth-order valence-electron chi connectivity index (χ4n) is 3.39. The van der Waals surface area contributed by atoms with Crippen molar-refractivity contribution in [3.63, 3.8) is 0 Å². The monoisotopic (exact) mass is 458 g/mol. The van der Waals surface area contributed by atoms with Gasteiger partial charge in [-0.25, -0.2) is 4.79 Å². The molecule has 0 radical (unpaired) electrons. The van der Waals surface area contributed by atoms with Gasteiger partial charge in [0, 0.05) is 18.2 Å². The minimum atomic E-state index is -1.05. The Balaban J connectivity index is 1.45. The summed E-state index contributed by atoms with van der Waals surface area (Å²) < 4.78 is 10.6. The van der Waals surface area contributed by atoms with Crippen molar-refractivity contribution in [3.8, 4) is 11.5 Å². The van der Waals surface area contributed by atoms with Crippen LogP contribution in [-0.2, 0) is 16.0 Å². The van der Waals surface area contributed by atoms with Crippen LogP contribution in [0.3, 0.4) is 0 Å². The van der Waals surface area contributed by atoms with Gasteiger partial charge in [0.05, 0.1) is 5.56 Å². The van der Waals surface area contributed by atoms with Crippen LogP contribution in [0.1, 0.15) is 21.5 Å². The number of carbonyl (C=O) groups is 3. The van der Waals surface area contributed by atoms with Gasteiger partial charge in [-0.1, -0.05) is 36.4 Å². The number of carbonyl (C=O) groups excluding carboxylic acids is 2. The summed E-state index contributed by atoms with van der Waals surface area (Å²) in [6.07, 6.45) is 3.26. The van der Waals surface area contributed by atoms with Crippen LogP contribution in [0.5, 0.6) is 11.5 Å². The molecule has 4 rings (SSSR count). The average Bonchev–Trinajstić information content (AvgIpc) is 3.31. The Morgan fingerprint density at radius 3 is 2.41 bits per heavy atom. The lowest BCUT2D eigenvalue weighted by Crippen LogP contribution is -2.44. The van der Waals surface area contributed by atoms with E-state index in [1.165, 1.54) is 30.3 Å². The zero-order chi connectivity index (χ0) is 23.9. The van der Waals surface area contributed by atoms with E-state index in [4.69, 9.17) is 14.6 Å². The van der Waals surface area contributed by atoms with Crippen LogP contribution in [0.4, 0.5) is 5.69 Å². The van der Waals surface area contributed by atoms with Gasteiger partial charge in [0.15, 0.2) is 11.5 Å². The first-order valence-corrected chi connectivity index (χ1v) is 10.5. The number of ether oxygens (including phenoxy) is 2. The molecule has 3 aromatic rings. The van der Waals surface area contributed by atoms with Crippen molar-refractivity contribution in [3.05, 3.63) is 95.6 Å². The van der Waals surface area contributed by atoms with Crippen molar-refractivity contribution in [1.82, 2.24) is 5.32 Å². The third-order valence-corrected chi connectivity index (χ3v) is 5.14. The van der Waals surface area contributed by atoms with Crippen LogP contribution < -0.4 is 20.1 Å². The van der Waals surface area contributed by atoms with Crippen LogP contribution in [0.15, 0.2) is 78.9 Å². The lowest BCUT2D eigenvalue weighted by molar-refractivity contribution is -0.123. The van der Waals surface area contributed by atoms with E-state index < -0.39 is 23.8 Å². The molecule has 172 valence electrons. The van der Waals surface area contributed by atoms with E-state index in [-0.39, 0.29) is 18.8 Å². The Morgan fingerprint density at radius 1 is 0.941 bits per heavy atom. The highest BCUT2D eigenvalue weighted by Crippen LogP contribution is 2.32. The molecular weight excluding hydrogens is 436 g/mol. The van der Waals surface area contributed by atoms with E-state index in [1.807, 2.05) is 30.3 Å². The highest BCUT2D eigenvalue weighted by atomic mass is 16.7. The first kappa shape index (κ1) is 22.6. The van der Waals surface area contributed by atoms with Crippen molar-refractivity contribution >= 4 is 29.5 Å². The molecule has 0 aromatic heterocycles. The molecule has 3 N–H and O–H groups in total. The predicted molar refractivity (Wildman–Crippen MR) is 126 cm³/mol. The summed E-state index contributed by atoms with van der Waals surface area (Å²) in [4.78, 5) is 36.6. The second-order valence-electron chi connectivity index (χ2n) is 7.57. The van der Waals surface area contributed by atoms with Crippen molar-refractivity contribution < 1.29 is 29.0 Å². The molecule has 0 saturated heterocycles. The molecule has 1 atom stereocenters. The predicted octanol–water partition coefficient (Wildman–Crippen LogP) is 3.49. The molecule has 8 nitrogen and oxygen atoms in total. The number of aromatic carboxylic acids is 1. The van der Waals surface area contributed by atoms with Gasteiger partial charge in [-0.2, -0.15) is 0 Å². The van der Waals surface area contributed by atoms with Crippen LogP contribution in [0.2, 0.25) is 0 Å². The molecule has 1 heterocycles. The number of rotatable bonds is 8. The first-order chi connectivity index (χ1) is 16.5. The smallest absolute Gasteiger partial charge is 0.335 e. The number of carboxylic acid groups (broad SMARTS) is 1. The maximum absolute atomic E-state index is 13.0. The molecule has 34 heavy (non-hydrogen) atoms. The fourth-order valence-corrected chi connectivity index (χ4v) is 3.39. The number of amides is 2. The summed E-state index contributed by atoms with van der Waals surface area (Å²) in [5.41, 5.74) is 2.17. The molecule has 1 unspecified atom stereocenters. The normalized spacial score (nSPS) is 12.8. The molecule has 0 bridgehead atoms. The van der Waals surface area contributed by atoms with Gasteiger partial charge >= 0.3 is 5.97 Å². The summed E-state index contributed by atoms with van der Waals surface area (Å²) in [6, 6.07) is 19.6. The summed E-state index contributed by atoms with van der Waals surface area (Å²) in [5, 5.41) is 14.5. The second kappa shape index (κ2) is 10.4. The summed E-state index contributed by atoms with van der Waals surface area (Å²) in [7, 11) is 0. The van der Waals surface area contributed by atoms with Gasteiger partial charge in [-0.3, -0.25) is 9.59 Å². The highest BCUT2D eigenvalue weighted by Gasteiger charge is 2.21. The molecule has 0 saturated carbocycles. The Morgan fingerprint density at radius 2 is 1.68 bits per heavy atom. The highest BCUT2D eigenvalue weighted by molar-refractivity contribution is 6.00. The number of hydrogen-bond donors (Lipinski definition) is 3. The average molecular weight is 458 g/mol. The minimum absolute atomic E-state index is 0.112. The van der Waals surface area contributed by atoms with Gasteiger partial charge in [0.2, 0.25) is 18.6 Å². The summed E-state index contributed by atoms with van der Waals surface area (Å²) >= 11 is 0. The molecule has 1 aliphatic heterocycles. The number of nitrogens with one attached hydrogen (secondary N) is 2. The first-order valence-electron chi connectivity index (χ1n) is 10.5. The number of anilines is 1. The van der Waals surface area contributed by atoms with Gasteiger partial charge in [-0.05, 0) is 53.6 Å². The third-order valence-electron chi connectivity index (χ3n) is 5.14. The lowest BCUT2D eigenvalue weighted by Gasteiger charge is -2.18. The van der Waals surface area contributed by atoms with E-state index in [0.717, 1.165) is 11.1 Å². The Kier molecular flexibility index (Phi) is 6.88. The fraction of sp³-hybridized carbons (Fsp3) is 0.115. The number of benzene rings is 3. The Labute approximate surface area is 195 Å².